The summed E-state index contributed by atoms with van der Waals surface area (Å²) < 4.78 is -0.556. The van der Waals surface area contributed by atoms with Crippen LogP contribution >= 0.6 is 0 Å². The monoisotopic (exact) mass is 357 g/mol. The number of nitrogens with zero attached hydrogens (tertiary/aromatic N) is 1. The van der Waals surface area contributed by atoms with E-state index in [9.17, 15) is 29.7 Å². The maximum atomic E-state index is 11.6. The molecule has 25 heavy (non-hydrogen) atoms. The van der Waals surface area contributed by atoms with Crippen molar-refractivity contribution in [2.45, 2.75) is 77.4 Å². The van der Waals surface area contributed by atoms with Crippen molar-refractivity contribution in [1.29, 1.82) is 0 Å². The van der Waals surface area contributed by atoms with Crippen molar-refractivity contribution in [2.75, 3.05) is 6.54 Å². The predicted octanol–water partition coefficient (Wildman–Crippen LogP) is 1.41. The third-order valence-corrected chi connectivity index (χ3v) is 5.17. The van der Waals surface area contributed by atoms with Crippen LogP contribution in [0.2, 0.25) is 0 Å². The van der Waals surface area contributed by atoms with Crippen molar-refractivity contribution in [3.8, 4) is 0 Å². The second-order valence-corrected chi connectivity index (χ2v) is 6.59. The zero-order valence-corrected chi connectivity index (χ0v) is 15.4. The first-order chi connectivity index (χ1) is 11.6. The molecule has 144 valence electrons. The molecule has 0 aliphatic rings. The largest absolute Gasteiger partial charge is 0.544 e. The number of quaternary nitrogens is 1. The lowest BCUT2D eigenvalue weighted by Crippen LogP contribution is -2.72. The maximum absolute atomic E-state index is 11.6. The van der Waals surface area contributed by atoms with Crippen LogP contribution in [0, 0.1) is 0 Å². The fourth-order valence-corrected chi connectivity index (χ4v) is 3.40. The van der Waals surface area contributed by atoms with Gasteiger partial charge < -0.3 is 20.1 Å². The summed E-state index contributed by atoms with van der Waals surface area (Å²) in [5.74, 6) is -3.87. The van der Waals surface area contributed by atoms with E-state index in [-0.39, 0.29) is 6.54 Å². The highest BCUT2D eigenvalue weighted by Gasteiger charge is 2.50. The fraction of sp³-hybridized carbons (Fsp3) is 0.722. The Hall–Kier alpha value is -1.89. The highest BCUT2D eigenvalue weighted by molar-refractivity contribution is 5.76. The van der Waals surface area contributed by atoms with Gasteiger partial charge in [0.25, 0.3) is 0 Å². The summed E-state index contributed by atoms with van der Waals surface area (Å²) in [7, 11) is 0. The van der Waals surface area contributed by atoms with Crippen LogP contribution in [0.3, 0.4) is 0 Å². The van der Waals surface area contributed by atoms with Gasteiger partial charge in [0.2, 0.25) is 0 Å². The summed E-state index contributed by atoms with van der Waals surface area (Å²) in [6.45, 7) is 7.89. The first kappa shape index (κ1) is 23.1. The summed E-state index contributed by atoms with van der Waals surface area (Å²) in [6.07, 6.45) is 7.09. The smallest absolute Gasteiger partial charge is 0.362 e. The summed E-state index contributed by atoms with van der Waals surface area (Å²) in [5.41, 5.74) is 0. The molecule has 2 N–H and O–H groups in total. The minimum Gasteiger partial charge on any atom is -0.544 e. The van der Waals surface area contributed by atoms with Gasteiger partial charge in [-0.25, -0.2) is 9.59 Å². The third kappa shape index (κ3) is 6.16. The minimum absolute atomic E-state index is 0.164. The van der Waals surface area contributed by atoms with E-state index >= 15 is 0 Å². The lowest BCUT2D eigenvalue weighted by molar-refractivity contribution is -0.969. The fourth-order valence-electron chi connectivity index (χ4n) is 3.40. The van der Waals surface area contributed by atoms with E-state index in [0.29, 0.717) is 6.42 Å². The number of carbonyl (C=O) groups is 3. The van der Waals surface area contributed by atoms with Gasteiger partial charge in [0.1, 0.15) is 6.04 Å². The van der Waals surface area contributed by atoms with Crippen molar-refractivity contribution >= 4 is 17.9 Å². The molecule has 7 heteroatoms. The second kappa shape index (κ2) is 10.9. The Kier molecular flexibility index (Phi) is 10.0. The number of hydrogen-bond acceptors (Lipinski definition) is 4. The van der Waals surface area contributed by atoms with E-state index in [1.54, 1.807) is 0 Å². The van der Waals surface area contributed by atoms with E-state index in [2.05, 4.69) is 6.58 Å². The molecular weight excluding hydrogens is 326 g/mol. The van der Waals surface area contributed by atoms with Crippen molar-refractivity contribution in [3.63, 3.8) is 0 Å². The summed E-state index contributed by atoms with van der Waals surface area (Å²) >= 11 is 0. The maximum Gasteiger partial charge on any atom is 0.362 e. The molecule has 7 nitrogen and oxygen atoms in total. The average molecular weight is 357 g/mol. The molecule has 0 saturated heterocycles. The lowest BCUT2D eigenvalue weighted by atomic mass is 10.00. The Bertz CT molecular complexity index is 426. The predicted molar refractivity (Wildman–Crippen MR) is 91.7 cm³/mol. The first-order valence-corrected chi connectivity index (χ1v) is 8.77. The number of hydrogen-bond donors (Lipinski definition) is 2. The van der Waals surface area contributed by atoms with Crippen LogP contribution < -0.4 is 5.11 Å². The van der Waals surface area contributed by atoms with E-state index in [0.717, 1.165) is 32.1 Å². The lowest BCUT2D eigenvalue weighted by Gasteiger charge is -2.49. The molecule has 0 aliphatic carbocycles. The Morgan fingerprint density at radius 2 is 1.36 bits per heavy atom. The van der Waals surface area contributed by atoms with Crippen molar-refractivity contribution in [1.82, 2.24) is 0 Å². The Labute approximate surface area is 149 Å². The van der Waals surface area contributed by atoms with Crippen molar-refractivity contribution in [2.24, 2.45) is 0 Å². The van der Waals surface area contributed by atoms with Gasteiger partial charge in [-0.15, -0.1) is 6.58 Å². The van der Waals surface area contributed by atoms with Gasteiger partial charge >= 0.3 is 11.9 Å². The highest BCUT2D eigenvalue weighted by atomic mass is 16.4. The van der Waals surface area contributed by atoms with Gasteiger partial charge in [-0.05, 0) is 46.5 Å². The molecule has 0 aromatic rings. The summed E-state index contributed by atoms with van der Waals surface area (Å²) in [4.78, 5) is 34.6. The molecule has 0 heterocycles. The van der Waals surface area contributed by atoms with Gasteiger partial charge in [0.05, 0.1) is 12.5 Å². The average Bonchev–Trinajstić information content (AvgIpc) is 2.55. The van der Waals surface area contributed by atoms with E-state index in [1.807, 2.05) is 6.08 Å². The number of carboxylic acids is 3. The van der Waals surface area contributed by atoms with Gasteiger partial charge in [-0.3, -0.25) is 4.48 Å². The Morgan fingerprint density at radius 1 is 0.920 bits per heavy atom. The molecular formula is C18H31NO6. The van der Waals surface area contributed by atoms with E-state index in [4.69, 9.17) is 0 Å². The standard InChI is InChI=1S/C18H31NO6/c1-5-6-7-8-9-10-11-12-19(13(2)16(20)21,14(3)17(22)23)15(4)18(24)25/h5,13-15H,1,6-12H2,2-4H3,(H2-,20,21,22,23,24,25). The first-order valence-electron chi connectivity index (χ1n) is 8.77. The topological polar surface area (TPSA) is 115 Å². The second-order valence-electron chi connectivity index (χ2n) is 6.59. The molecule has 0 amide bonds. The van der Waals surface area contributed by atoms with Crippen LogP contribution in [0.4, 0.5) is 0 Å². The van der Waals surface area contributed by atoms with Crippen LogP contribution in [0.5, 0.6) is 0 Å². The number of allylic oxidation sites excluding steroid dienone is 1. The molecule has 0 saturated carbocycles. The zero-order chi connectivity index (χ0) is 19.6. The molecule has 0 spiro atoms. The minimum atomic E-state index is -1.44. The summed E-state index contributed by atoms with van der Waals surface area (Å²) in [5, 5.41) is 30.4. The number of aliphatic carboxylic acids is 3. The van der Waals surface area contributed by atoms with Crippen LogP contribution in [0.25, 0.3) is 0 Å². The SMILES string of the molecule is C=CCCCCCCC[N+](C(C)C(=O)[O-])(C(C)C(=O)O)C(C)C(=O)O. The molecule has 0 rings (SSSR count). The number of carbonyl (C=O) groups excluding carboxylic acids is 1. The Balaban J connectivity index is 5.33. The zero-order valence-electron chi connectivity index (χ0n) is 15.4. The molecule has 3 atom stereocenters. The van der Waals surface area contributed by atoms with Crippen LogP contribution in [-0.4, -0.2) is 57.3 Å². The van der Waals surface area contributed by atoms with E-state index < -0.39 is 40.5 Å². The molecule has 0 radical (unpaired) electrons. The molecule has 0 bridgehead atoms. The quantitative estimate of drug-likeness (QED) is 0.276. The molecule has 0 fully saturated rings. The van der Waals surface area contributed by atoms with Crippen LogP contribution in [0.15, 0.2) is 12.7 Å². The van der Waals surface area contributed by atoms with Crippen molar-refractivity contribution in [3.05, 3.63) is 12.7 Å². The molecule has 3 unspecified atom stereocenters. The van der Waals surface area contributed by atoms with Gasteiger partial charge in [0, 0.05) is 0 Å². The number of unbranched alkanes of at least 4 members (excludes halogenated alkanes) is 5. The van der Waals surface area contributed by atoms with E-state index in [1.165, 1.54) is 20.8 Å². The number of rotatable bonds is 14. The van der Waals surface area contributed by atoms with Crippen molar-refractivity contribution < 1.29 is 34.2 Å². The van der Waals surface area contributed by atoms with Gasteiger partial charge in [-0.2, -0.15) is 0 Å². The van der Waals surface area contributed by atoms with Gasteiger partial charge in [0.15, 0.2) is 12.1 Å². The normalized spacial score (nSPS) is 17.1. The highest BCUT2D eigenvalue weighted by Crippen LogP contribution is 2.27. The molecule has 0 aromatic carbocycles. The molecule has 0 aromatic heterocycles. The summed E-state index contributed by atoms with van der Waals surface area (Å²) in [6, 6.07) is -3.57. The molecule has 0 aliphatic heterocycles. The van der Waals surface area contributed by atoms with Gasteiger partial charge in [-0.1, -0.05) is 18.9 Å². The Morgan fingerprint density at radius 3 is 1.76 bits per heavy atom. The van der Waals surface area contributed by atoms with Crippen LogP contribution in [0.1, 0.15) is 59.3 Å². The van der Waals surface area contributed by atoms with Crippen LogP contribution in [-0.2, 0) is 14.4 Å². The third-order valence-electron chi connectivity index (χ3n) is 5.17. The number of carboxylic acid groups (broad SMARTS) is 3.